The summed E-state index contributed by atoms with van der Waals surface area (Å²) in [5, 5.41) is 7.00. The van der Waals surface area contributed by atoms with Crippen LogP contribution in [0.2, 0.25) is 5.02 Å². The molecule has 1 aromatic rings. The molecule has 9 heteroatoms. The first kappa shape index (κ1) is 24.3. The molecule has 0 saturated carbocycles. The molecule has 0 aliphatic carbocycles. The van der Waals surface area contributed by atoms with Crippen molar-refractivity contribution in [1.29, 1.82) is 0 Å². The number of guanidine groups is 1. The van der Waals surface area contributed by atoms with Crippen LogP contribution in [0.15, 0.2) is 29.3 Å². The Labute approximate surface area is 172 Å². The number of nitrogens with one attached hydrogen (secondary N) is 2. The van der Waals surface area contributed by atoms with Crippen molar-refractivity contribution in [1.82, 2.24) is 10.6 Å². The summed E-state index contributed by atoms with van der Waals surface area (Å²) in [6.07, 6.45) is 1.69. The number of sulfone groups is 1. The maximum absolute atomic E-state index is 11.2. The van der Waals surface area contributed by atoms with Crippen LogP contribution in [0.3, 0.4) is 0 Å². The Balaban J connectivity index is 0.00000576. The zero-order chi connectivity index (χ0) is 18.2. The van der Waals surface area contributed by atoms with Gasteiger partial charge in [-0.2, -0.15) is 0 Å². The molecule has 0 aliphatic heterocycles. The first-order valence-corrected chi connectivity index (χ1v) is 10.2. The summed E-state index contributed by atoms with van der Waals surface area (Å²) in [4.78, 5) is 4.14. The highest BCUT2D eigenvalue weighted by molar-refractivity contribution is 14.0. The van der Waals surface area contributed by atoms with E-state index in [4.69, 9.17) is 16.3 Å². The topological polar surface area (TPSA) is 79.8 Å². The van der Waals surface area contributed by atoms with Crippen LogP contribution in [0.4, 0.5) is 0 Å². The second kappa shape index (κ2) is 11.8. The molecule has 0 saturated heterocycles. The first-order valence-electron chi connectivity index (χ1n) is 7.76. The maximum atomic E-state index is 11.2. The Morgan fingerprint density at radius 2 is 1.88 bits per heavy atom. The van der Waals surface area contributed by atoms with Gasteiger partial charge in [-0.05, 0) is 44.5 Å². The standard InChI is InChI=1S/C16H26ClN3O3S.HI/c1-12(9-10-24(4,21)22)20-16(18-3)19-11-13(2)23-15-7-5-14(17)6-8-15;/h5-8,12-13H,9-11H2,1-4H3,(H2,18,19,20);1H. The molecule has 0 aliphatic rings. The fourth-order valence-corrected chi connectivity index (χ4v) is 2.83. The van der Waals surface area contributed by atoms with Gasteiger partial charge in [0.1, 0.15) is 21.7 Å². The van der Waals surface area contributed by atoms with Crippen LogP contribution in [-0.4, -0.2) is 52.1 Å². The van der Waals surface area contributed by atoms with Gasteiger partial charge in [0.05, 0.1) is 12.3 Å². The van der Waals surface area contributed by atoms with Gasteiger partial charge in [0.15, 0.2) is 5.96 Å². The summed E-state index contributed by atoms with van der Waals surface area (Å²) in [6.45, 7) is 4.43. The van der Waals surface area contributed by atoms with E-state index in [0.29, 0.717) is 23.9 Å². The Morgan fingerprint density at radius 3 is 2.40 bits per heavy atom. The van der Waals surface area contributed by atoms with Gasteiger partial charge in [-0.25, -0.2) is 8.42 Å². The lowest BCUT2D eigenvalue weighted by Crippen LogP contribution is -2.45. The average Bonchev–Trinajstić information content (AvgIpc) is 2.51. The predicted molar refractivity (Wildman–Crippen MR) is 115 cm³/mol. The Bertz CT molecular complexity index is 639. The molecule has 144 valence electrons. The third-order valence-corrected chi connectivity index (χ3v) is 4.47. The highest BCUT2D eigenvalue weighted by atomic mass is 127. The molecule has 0 fully saturated rings. The lowest BCUT2D eigenvalue weighted by molar-refractivity contribution is 0.223. The van der Waals surface area contributed by atoms with E-state index in [1.54, 1.807) is 19.2 Å². The zero-order valence-electron chi connectivity index (χ0n) is 15.0. The first-order chi connectivity index (χ1) is 11.2. The summed E-state index contributed by atoms with van der Waals surface area (Å²) in [6, 6.07) is 7.19. The summed E-state index contributed by atoms with van der Waals surface area (Å²) in [7, 11) is -1.28. The molecule has 0 heterocycles. The molecule has 0 spiro atoms. The summed E-state index contributed by atoms with van der Waals surface area (Å²) >= 11 is 5.84. The fourth-order valence-electron chi connectivity index (χ4n) is 1.92. The largest absolute Gasteiger partial charge is 0.489 e. The zero-order valence-corrected chi connectivity index (χ0v) is 18.9. The van der Waals surface area contributed by atoms with Crippen molar-refractivity contribution in [2.24, 2.45) is 4.99 Å². The molecule has 1 rings (SSSR count). The highest BCUT2D eigenvalue weighted by Gasteiger charge is 2.11. The second-order valence-corrected chi connectivity index (χ2v) is 8.50. The van der Waals surface area contributed by atoms with E-state index in [1.165, 1.54) is 6.26 Å². The Hall–Kier alpha value is -0.740. The number of aliphatic imine (C=N–C) groups is 1. The van der Waals surface area contributed by atoms with Gasteiger partial charge in [-0.15, -0.1) is 24.0 Å². The molecule has 0 amide bonds. The molecule has 2 unspecified atom stereocenters. The number of ether oxygens (including phenoxy) is 1. The average molecular weight is 504 g/mol. The quantitative estimate of drug-likeness (QED) is 0.324. The lowest BCUT2D eigenvalue weighted by Gasteiger charge is -2.20. The molecule has 1 aromatic carbocycles. The van der Waals surface area contributed by atoms with Crippen molar-refractivity contribution in [3.05, 3.63) is 29.3 Å². The second-order valence-electron chi connectivity index (χ2n) is 5.80. The summed E-state index contributed by atoms with van der Waals surface area (Å²) in [5.74, 6) is 1.51. The van der Waals surface area contributed by atoms with Crippen LogP contribution in [0.1, 0.15) is 20.3 Å². The van der Waals surface area contributed by atoms with E-state index in [2.05, 4.69) is 15.6 Å². The van der Waals surface area contributed by atoms with E-state index in [1.807, 2.05) is 26.0 Å². The molecule has 0 aromatic heterocycles. The van der Waals surface area contributed by atoms with E-state index < -0.39 is 9.84 Å². The van der Waals surface area contributed by atoms with E-state index in [-0.39, 0.29) is 41.9 Å². The third kappa shape index (κ3) is 11.5. The van der Waals surface area contributed by atoms with E-state index in [0.717, 1.165) is 5.75 Å². The normalized spacial score (nSPS) is 14.2. The smallest absolute Gasteiger partial charge is 0.191 e. The third-order valence-electron chi connectivity index (χ3n) is 3.24. The van der Waals surface area contributed by atoms with Crippen molar-refractivity contribution in [3.63, 3.8) is 0 Å². The van der Waals surface area contributed by atoms with Gasteiger partial charge >= 0.3 is 0 Å². The molecule has 0 bridgehead atoms. The number of nitrogens with zero attached hydrogens (tertiary/aromatic N) is 1. The number of halogens is 2. The number of hydrogen-bond acceptors (Lipinski definition) is 4. The van der Waals surface area contributed by atoms with E-state index >= 15 is 0 Å². The lowest BCUT2D eigenvalue weighted by atomic mass is 10.3. The number of hydrogen-bond donors (Lipinski definition) is 2. The van der Waals surface area contributed by atoms with Crippen molar-refractivity contribution in [3.8, 4) is 5.75 Å². The van der Waals surface area contributed by atoms with Crippen LogP contribution in [0, 0.1) is 0 Å². The van der Waals surface area contributed by atoms with Crippen LogP contribution in [0.5, 0.6) is 5.75 Å². The van der Waals surface area contributed by atoms with Crippen molar-refractivity contribution in [2.45, 2.75) is 32.4 Å². The fraction of sp³-hybridized carbons (Fsp3) is 0.562. The van der Waals surface area contributed by atoms with Crippen molar-refractivity contribution in [2.75, 3.05) is 25.6 Å². The SMILES string of the molecule is CN=C(NCC(C)Oc1ccc(Cl)cc1)NC(C)CCS(C)(=O)=O.I. The van der Waals surface area contributed by atoms with Gasteiger partial charge in [-0.3, -0.25) is 4.99 Å². The molecule has 0 radical (unpaired) electrons. The molecule has 6 nitrogen and oxygen atoms in total. The number of rotatable bonds is 8. The molecular formula is C16H27ClIN3O3S. The van der Waals surface area contributed by atoms with Gasteiger partial charge in [0.25, 0.3) is 0 Å². The minimum atomic E-state index is -2.95. The highest BCUT2D eigenvalue weighted by Crippen LogP contribution is 2.16. The van der Waals surface area contributed by atoms with Crippen molar-refractivity contribution >= 4 is 51.4 Å². The summed E-state index contributed by atoms with van der Waals surface area (Å²) < 4.78 is 28.2. The van der Waals surface area contributed by atoms with Crippen LogP contribution in [-0.2, 0) is 9.84 Å². The predicted octanol–water partition coefficient (Wildman–Crippen LogP) is 2.71. The van der Waals surface area contributed by atoms with Gasteiger partial charge < -0.3 is 15.4 Å². The van der Waals surface area contributed by atoms with Crippen LogP contribution < -0.4 is 15.4 Å². The molecule has 25 heavy (non-hydrogen) atoms. The van der Waals surface area contributed by atoms with Crippen LogP contribution >= 0.6 is 35.6 Å². The molecule has 2 atom stereocenters. The van der Waals surface area contributed by atoms with Crippen LogP contribution in [0.25, 0.3) is 0 Å². The van der Waals surface area contributed by atoms with Gasteiger partial charge in [0.2, 0.25) is 0 Å². The monoisotopic (exact) mass is 503 g/mol. The van der Waals surface area contributed by atoms with Gasteiger partial charge in [0, 0.05) is 24.4 Å². The summed E-state index contributed by atoms with van der Waals surface area (Å²) in [5.41, 5.74) is 0. The molecule has 2 N–H and O–H groups in total. The van der Waals surface area contributed by atoms with Crippen molar-refractivity contribution < 1.29 is 13.2 Å². The maximum Gasteiger partial charge on any atom is 0.191 e. The van der Waals surface area contributed by atoms with Gasteiger partial charge in [-0.1, -0.05) is 11.6 Å². The Kier molecular flexibility index (Phi) is 11.4. The minimum Gasteiger partial charge on any atom is -0.489 e. The minimum absolute atomic E-state index is 0. The van der Waals surface area contributed by atoms with E-state index in [9.17, 15) is 8.42 Å². The molecular weight excluding hydrogens is 477 g/mol. The number of benzene rings is 1. The Morgan fingerprint density at radius 1 is 1.28 bits per heavy atom.